The maximum Gasteiger partial charge on any atom is 0.331 e. The molecule has 0 fully saturated rings. The SMILES string of the molecule is COc1ccc(/C=C/C(=O)OCC(=O)Nc2ccc([N+](=O)[O-])cc2OC)cc1. The lowest BCUT2D eigenvalue weighted by molar-refractivity contribution is -0.384. The highest BCUT2D eigenvalue weighted by atomic mass is 16.6. The minimum atomic E-state index is -0.693. The number of nitro benzene ring substituents is 1. The normalized spacial score (nSPS) is 10.4. The number of methoxy groups -OCH3 is 2. The van der Waals surface area contributed by atoms with E-state index in [4.69, 9.17) is 14.2 Å². The van der Waals surface area contributed by atoms with Gasteiger partial charge in [0, 0.05) is 12.1 Å². The van der Waals surface area contributed by atoms with Crippen molar-refractivity contribution in [3.8, 4) is 11.5 Å². The maximum absolute atomic E-state index is 11.9. The Morgan fingerprint density at radius 1 is 1.11 bits per heavy atom. The Hall–Kier alpha value is -3.88. The Balaban J connectivity index is 1.88. The molecule has 0 aliphatic carbocycles. The van der Waals surface area contributed by atoms with Crippen molar-refractivity contribution in [3.05, 3.63) is 64.2 Å². The first-order valence-corrected chi connectivity index (χ1v) is 8.04. The van der Waals surface area contributed by atoms with Crippen molar-refractivity contribution in [2.45, 2.75) is 0 Å². The molecule has 0 radical (unpaired) electrons. The second-order valence-corrected chi connectivity index (χ2v) is 5.40. The molecule has 0 spiro atoms. The van der Waals surface area contributed by atoms with Gasteiger partial charge in [-0.2, -0.15) is 0 Å². The Kier molecular flexibility index (Phi) is 7.09. The number of non-ortho nitro benzene ring substituents is 1. The summed E-state index contributed by atoms with van der Waals surface area (Å²) in [5.74, 6) is -0.494. The van der Waals surface area contributed by atoms with Crippen LogP contribution in [0.2, 0.25) is 0 Å². The van der Waals surface area contributed by atoms with Gasteiger partial charge in [0.05, 0.1) is 30.9 Å². The van der Waals surface area contributed by atoms with Gasteiger partial charge in [-0.25, -0.2) is 4.79 Å². The second-order valence-electron chi connectivity index (χ2n) is 5.40. The summed E-state index contributed by atoms with van der Waals surface area (Å²) < 4.78 is 14.9. The van der Waals surface area contributed by atoms with E-state index in [1.807, 2.05) is 0 Å². The first kappa shape index (κ1) is 20.4. The van der Waals surface area contributed by atoms with Crippen LogP contribution in [0.25, 0.3) is 6.08 Å². The molecule has 2 aromatic rings. The summed E-state index contributed by atoms with van der Waals surface area (Å²) in [4.78, 5) is 33.8. The van der Waals surface area contributed by atoms with E-state index in [2.05, 4.69) is 5.32 Å². The minimum absolute atomic E-state index is 0.119. The van der Waals surface area contributed by atoms with Crippen LogP contribution in [0, 0.1) is 10.1 Å². The molecule has 0 aliphatic rings. The molecule has 0 aromatic heterocycles. The van der Waals surface area contributed by atoms with Crippen LogP contribution in [-0.2, 0) is 14.3 Å². The number of hydrogen-bond donors (Lipinski definition) is 1. The van der Waals surface area contributed by atoms with Gasteiger partial charge in [-0.3, -0.25) is 14.9 Å². The molecule has 28 heavy (non-hydrogen) atoms. The highest BCUT2D eigenvalue weighted by molar-refractivity contribution is 5.95. The number of esters is 1. The number of rotatable bonds is 8. The van der Waals surface area contributed by atoms with E-state index in [0.29, 0.717) is 5.75 Å². The average Bonchev–Trinajstić information content (AvgIpc) is 2.71. The van der Waals surface area contributed by atoms with Crippen molar-refractivity contribution in [2.24, 2.45) is 0 Å². The lowest BCUT2D eigenvalue weighted by Crippen LogP contribution is -2.20. The summed E-state index contributed by atoms with van der Waals surface area (Å²) in [6.45, 7) is -0.522. The third kappa shape index (κ3) is 5.84. The lowest BCUT2D eigenvalue weighted by atomic mass is 10.2. The number of nitrogens with zero attached hydrogens (tertiary/aromatic N) is 1. The summed E-state index contributed by atoms with van der Waals surface area (Å²) in [7, 11) is 2.87. The summed E-state index contributed by atoms with van der Waals surface area (Å²) in [5.41, 5.74) is 0.811. The van der Waals surface area contributed by atoms with Gasteiger partial charge in [0.25, 0.3) is 11.6 Å². The molecule has 0 atom stereocenters. The van der Waals surface area contributed by atoms with Crippen molar-refractivity contribution in [1.29, 1.82) is 0 Å². The number of anilines is 1. The fraction of sp³-hybridized carbons (Fsp3) is 0.158. The number of hydrogen-bond acceptors (Lipinski definition) is 7. The number of benzene rings is 2. The van der Waals surface area contributed by atoms with E-state index in [0.717, 1.165) is 5.56 Å². The summed E-state index contributed by atoms with van der Waals surface area (Å²) >= 11 is 0. The fourth-order valence-electron chi connectivity index (χ4n) is 2.15. The molecule has 9 nitrogen and oxygen atoms in total. The minimum Gasteiger partial charge on any atom is -0.497 e. The molecule has 0 heterocycles. The molecular weight excluding hydrogens is 368 g/mol. The monoisotopic (exact) mass is 386 g/mol. The van der Waals surface area contributed by atoms with Crippen LogP contribution >= 0.6 is 0 Å². The summed E-state index contributed by atoms with van der Waals surface area (Å²) in [6, 6.07) is 10.7. The van der Waals surface area contributed by atoms with E-state index >= 15 is 0 Å². The Morgan fingerprint density at radius 3 is 2.43 bits per heavy atom. The van der Waals surface area contributed by atoms with E-state index in [1.54, 1.807) is 37.5 Å². The second kappa shape index (κ2) is 9.72. The summed E-state index contributed by atoms with van der Waals surface area (Å²) in [5, 5.41) is 13.2. The Bertz CT molecular complexity index is 892. The van der Waals surface area contributed by atoms with Crippen molar-refractivity contribution in [2.75, 3.05) is 26.1 Å². The molecular formula is C19H18N2O7. The first-order valence-electron chi connectivity index (χ1n) is 8.04. The fourth-order valence-corrected chi connectivity index (χ4v) is 2.15. The van der Waals surface area contributed by atoms with Gasteiger partial charge in [0.2, 0.25) is 0 Å². The van der Waals surface area contributed by atoms with Crippen LogP contribution in [0.1, 0.15) is 5.56 Å². The molecule has 1 amide bonds. The third-order valence-electron chi connectivity index (χ3n) is 3.54. The van der Waals surface area contributed by atoms with Gasteiger partial charge >= 0.3 is 5.97 Å². The van der Waals surface area contributed by atoms with Gasteiger partial charge in [-0.05, 0) is 29.8 Å². The van der Waals surface area contributed by atoms with Crippen molar-refractivity contribution >= 4 is 29.3 Å². The predicted molar refractivity (Wildman–Crippen MR) is 101 cm³/mol. The Morgan fingerprint density at radius 2 is 1.82 bits per heavy atom. The molecule has 2 rings (SSSR count). The lowest BCUT2D eigenvalue weighted by Gasteiger charge is -2.09. The zero-order valence-corrected chi connectivity index (χ0v) is 15.2. The van der Waals surface area contributed by atoms with E-state index in [1.165, 1.54) is 31.4 Å². The Labute approximate surface area is 160 Å². The van der Waals surface area contributed by atoms with Crippen molar-refractivity contribution in [1.82, 2.24) is 0 Å². The zero-order valence-electron chi connectivity index (χ0n) is 15.2. The van der Waals surface area contributed by atoms with Gasteiger partial charge in [-0.1, -0.05) is 12.1 Å². The molecule has 2 aromatic carbocycles. The molecule has 1 N–H and O–H groups in total. The predicted octanol–water partition coefficient (Wildman–Crippen LogP) is 2.81. The highest BCUT2D eigenvalue weighted by Gasteiger charge is 2.14. The molecule has 0 aliphatic heterocycles. The molecule has 146 valence electrons. The van der Waals surface area contributed by atoms with Gasteiger partial charge < -0.3 is 19.5 Å². The van der Waals surface area contributed by atoms with Crippen LogP contribution in [0.5, 0.6) is 11.5 Å². The molecule has 0 saturated carbocycles. The largest absolute Gasteiger partial charge is 0.497 e. The topological polar surface area (TPSA) is 117 Å². The molecule has 0 bridgehead atoms. The maximum atomic E-state index is 11.9. The van der Waals surface area contributed by atoms with Crippen LogP contribution in [0.15, 0.2) is 48.5 Å². The first-order chi connectivity index (χ1) is 13.4. The van der Waals surface area contributed by atoms with Gasteiger partial charge in [0.15, 0.2) is 6.61 Å². The number of nitro groups is 1. The van der Waals surface area contributed by atoms with Gasteiger partial charge in [0.1, 0.15) is 11.5 Å². The number of carbonyl (C=O) groups excluding carboxylic acids is 2. The van der Waals surface area contributed by atoms with Crippen molar-refractivity contribution < 1.29 is 28.7 Å². The highest BCUT2D eigenvalue weighted by Crippen LogP contribution is 2.28. The zero-order chi connectivity index (χ0) is 20.5. The van der Waals surface area contributed by atoms with Crippen LogP contribution in [0.3, 0.4) is 0 Å². The average molecular weight is 386 g/mol. The number of amides is 1. The van der Waals surface area contributed by atoms with E-state index in [-0.39, 0.29) is 17.1 Å². The number of carbonyl (C=O) groups is 2. The third-order valence-corrected chi connectivity index (χ3v) is 3.54. The molecule has 9 heteroatoms. The number of nitrogens with one attached hydrogen (secondary N) is 1. The van der Waals surface area contributed by atoms with E-state index < -0.39 is 23.4 Å². The smallest absolute Gasteiger partial charge is 0.331 e. The van der Waals surface area contributed by atoms with Crippen LogP contribution in [-0.4, -0.2) is 37.6 Å². The quantitative estimate of drug-likeness (QED) is 0.321. The van der Waals surface area contributed by atoms with Crippen LogP contribution < -0.4 is 14.8 Å². The summed E-state index contributed by atoms with van der Waals surface area (Å²) in [6.07, 6.45) is 2.74. The molecule has 0 saturated heterocycles. The van der Waals surface area contributed by atoms with Crippen LogP contribution in [0.4, 0.5) is 11.4 Å². The molecule has 0 unspecified atom stereocenters. The van der Waals surface area contributed by atoms with E-state index in [9.17, 15) is 19.7 Å². The van der Waals surface area contributed by atoms with Crippen molar-refractivity contribution in [3.63, 3.8) is 0 Å². The van der Waals surface area contributed by atoms with Gasteiger partial charge in [-0.15, -0.1) is 0 Å². The number of ether oxygens (including phenoxy) is 3. The standard InChI is InChI=1S/C19H18N2O7/c1-26-15-7-3-13(4-8-15)5-10-19(23)28-12-18(22)20-16-9-6-14(21(24)25)11-17(16)27-2/h3-11H,12H2,1-2H3,(H,20,22)/b10-5+.